The third-order valence-electron chi connectivity index (χ3n) is 4.31. The number of pyridine rings is 1. The first-order valence-corrected chi connectivity index (χ1v) is 10.1. The normalized spacial score (nSPS) is 11.4. The minimum absolute atomic E-state index is 0.293. The molecule has 0 fully saturated rings. The number of nitrogens with one attached hydrogen (secondary N) is 1. The van der Waals surface area contributed by atoms with Gasteiger partial charge in [-0.25, -0.2) is 19.4 Å². The fourth-order valence-electron chi connectivity index (χ4n) is 2.76. The van der Waals surface area contributed by atoms with E-state index in [-0.39, 0.29) is 5.75 Å². The van der Waals surface area contributed by atoms with E-state index >= 15 is 0 Å². The van der Waals surface area contributed by atoms with Crippen molar-refractivity contribution in [2.45, 2.75) is 6.36 Å². The standard InChI is InChI=1S/C22H14ClF3N6O3/c23-19-10-5-16(12-27-19)30-21(33)35-29-11-14-1-3-15(4-2-14)20-28-13-32(31-20)17-6-8-18(9-7-17)34-22(24,25)26/h1-13H,(H,30,33)/b29-11+. The van der Waals surface area contributed by atoms with Crippen LogP contribution in [0.25, 0.3) is 17.1 Å². The Morgan fingerprint density at radius 3 is 2.43 bits per heavy atom. The van der Waals surface area contributed by atoms with E-state index in [1.807, 2.05) is 0 Å². The van der Waals surface area contributed by atoms with Crippen molar-refractivity contribution in [2.75, 3.05) is 5.32 Å². The topological polar surface area (TPSA) is 104 Å². The Balaban J connectivity index is 1.34. The van der Waals surface area contributed by atoms with Crippen molar-refractivity contribution in [3.63, 3.8) is 0 Å². The van der Waals surface area contributed by atoms with Gasteiger partial charge in [-0.2, -0.15) is 0 Å². The molecule has 178 valence electrons. The quantitative estimate of drug-likeness (QED) is 0.162. The molecule has 0 unspecified atom stereocenters. The number of aromatic nitrogens is 4. The lowest BCUT2D eigenvalue weighted by Gasteiger charge is -2.09. The van der Waals surface area contributed by atoms with Gasteiger partial charge in [0.15, 0.2) is 5.82 Å². The first-order chi connectivity index (χ1) is 16.7. The maximum Gasteiger partial charge on any atom is 0.573 e. The smallest absolute Gasteiger partial charge is 0.406 e. The van der Waals surface area contributed by atoms with E-state index in [0.29, 0.717) is 33.5 Å². The van der Waals surface area contributed by atoms with Crippen LogP contribution in [0.5, 0.6) is 5.75 Å². The number of carbonyl (C=O) groups is 1. The molecule has 0 atom stereocenters. The molecule has 2 aromatic heterocycles. The van der Waals surface area contributed by atoms with Crippen LogP contribution < -0.4 is 10.1 Å². The zero-order chi connectivity index (χ0) is 24.8. The molecular weight excluding hydrogens is 489 g/mol. The van der Waals surface area contributed by atoms with E-state index < -0.39 is 12.5 Å². The van der Waals surface area contributed by atoms with Gasteiger partial charge in [0, 0.05) is 5.56 Å². The molecule has 9 nitrogen and oxygen atoms in total. The number of rotatable bonds is 6. The van der Waals surface area contributed by atoms with Gasteiger partial charge in [-0.3, -0.25) is 10.2 Å². The van der Waals surface area contributed by atoms with Crippen molar-refractivity contribution in [1.82, 2.24) is 19.7 Å². The fourth-order valence-corrected chi connectivity index (χ4v) is 2.88. The maximum atomic E-state index is 12.3. The number of alkyl halides is 3. The number of amides is 1. The predicted molar refractivity (Wildman–Crippen MR) is 120 cm³/mol. The molecule has 0 spiro atoms. The summed E-state index contributed by atoms with van der Waals surface area (Å²) in [4.78, 5) is 24.5. The Kier molecular flexibility index (Phi) is 6.92. The summed E-state index contributed by atoms with van der Waals surface area (Å²) in [5.41, 5.74) is 2.24. The number of benzene rings is 2. The van der Waals surface area contributed by atoms with Gasteiger partial charge in [0.05, 0.1) is 23.8 Å². The molecule has 0 aliphatic carbocycles. The second-order valence-corrected chi connectivity index (χ2v) is 7.17. The highest BCUT2D eigenvalue weighted by Crippen LogP contribution is 2.24. The molecule has 0 radical (unpaired) electrons. The first kappa shape index (κ1) is 23.7. The van der Waals surface area contributed by atoms with Crippen molar-refractivity contribution in [3.8, 4) is 22.8 Å². The maximum absolute atomic E-state index is 12.3. The van der Waals surface area contributed by atoms with Gasteiger partial charge in [0.1, 0.15) is 17.2 Å². The molecule has 4 aromatic rings. The van der Waals surface area contributed by atoms with Crippen LogP contribution in [-0.4, -0.2) is 38.4 Å². The van der Waals surface area contributed by atoms with Gasteiger partial charge >= 0.3 is 12.5 Å². The summed E-state index contributed by atoms with van der Waals surface area (Å²) >= 11 is 5.68. The van der Waals surface area contributed by atoms with E-state index in [1.165, 1.54) is 53.8 Å². The van der Waals surface area contributed by atoms with Crippen LogP contribution in [-0.2, 0) is 4.84 Å². The van der Waals surface area contributed by atoms with Crippen molar-refractivity contribution in [3.05, 3.63) is 83.9 Å². The third kappa shape index (κ3) is 6.77. The van der Waals surface area contributed by atoms with E-state index in [1.54, 1.807) is 30.3 Å². The zero-order valence-electron chi connectivity index (χ0n) is 17.5. The number of oxime groups is 1. The van der Waals surface area contributed by atoms with Crippen LogP contribution in [0.1, 0.15) is 5.56 Å². The summed E-state index contributed by atoms with van der Waals surface area (Å²) in [5.74, 6) is 0.0681. The fraction of sp³-hybridized carbons (Fsp3) is 0.0455. The third-order valence-corrected chi connectivity index (χ3v) is 4.53. The Morgan fingerprint density at radius 2 is 1.77 bits per heavy atom. The molecule has 1 amide bonds. The Morgan fingerprint density at radius 1 is 1.03 bits per heavy atom. The molecule has 0 aliphatic rings. The number of halogens is 4. The molecule has 0 saturated heterocycles. The van der Waals surface area contributed by atoms with E-state index in [0.717, 1.165) is 0 Å². The lowest BCUT2D eigenvalue weighted by Crippen LogP contribution is -2.17. The number of hydrogen-bond donors (Lipinski definition) is 1. The van der Waals surface area contributed by atoms with Gasteiger partial charge in [-0.05, 0) is 42.0 Å². The number of hydrogen-bond acceptors (Lipinski definition) is 7. The zero-order valence-corrected chi connectivity index (χ0v) is 18.2. The number of carbonyl (C=O) groups excluding carboxylic acids is 1. The highest BCUT2D eigenvalue weighted by Gasteiger charge is 2.31. The first-order valence-electron chi connectivity index (χ1n) is 9.76. The Bertz CT molecular complexity index is 1320. The number of anilines is 1. The minimum Gasteiger partial charge on any atom is -0.406 e. The molecule has 13 heteroatoms. The lowest BCUT2D eigenvalue weighted by molar-refractivity contribution is -0.274. The van der Waals surface area contributed by atoms with Crippen LogP contribution in [0.3, 0.4) is 0 Å². The molecular formula is C22H14ClF3N6O3. The average molecular weight is 503 g/mol. The summed E-state index contributed by atoms with van der Waals surface area (Å²) in [6.45, 7) is 0. The lowest BCUT2D eigenvalue weighted by atomic mass is 10.1. The van der Waals surface area contributed by atoms with E-state index in [2.05, 4.69) is 30.3 Å². The van der Waals surface area contributed by atoms with Crippen molar-refractivity contribution < 1.29 is 27.5 Å². The minimum atomic E-state index is -4.76. The predicted octanol–water partition coefficient (Wildman–Crippen LogP) is 5.46. The van der Waals surface area contributed by atoms with Crippen LogP contribution in [0.2, 0.25) is 5.15 Å². The van der Waals surface area contributed by atoms with Crippen molar-refractivity contribution >= 4 is 29.6 Å². The van der Waals surface area contributed by atoms with Gasteiger partial charge in [-0.1, -0.05) is 41.0 Å². The van der Waals surface area contributed by atoms with Gasteiger partial charge in [0.2, 0.25) is 0 Å². The van der Waals surface area contributed by atoms with Crippen molar-refractivity contribution in [2.24, 2.45) is 5.16 Å². The number of nitrogens with zero attached hydrogens (tertiary/aromatic N) is 5. The van der Waals surface area contributed by atoms with Gasteiger partial charge < -0.3 is 4.74 Å². The molecule has 35 heavy (non-hydrogen) atoms. The molecule has 0 saturated carbocycles. The highest BCUT2D eigenvalue weighted by molar-refractivity contribution is 6.29. The summed E-state index contributed by atoms with van der Waals surface area (Å²) in [6.07, 6.45) is -1.40. The van der Waals surface area contributed by atoms with E-state index in [4.69, 9.17) is 16.4 Å². The highest BCUT2D eigenvalue weighted by atomic mass is 35.5. The molecule has 2 aromatic carbocycles. The molecule has 1 N–H and O–H groups in total. The van der Waals surface area contributed by atoms with Crippen LogP contribution >= 0.6 is 11.6 Å². The summed E-state index contributed by atoms with van der Waals surface area (Å²) in [7, 11) is 0. The summed E-state index contributed by atoms with van der Waals surface area (Å²) in [6, 6.07) is 15.2. The molecule has 0 bridgehead atoms. The van der Waals surface area contributed by atoms with Gasteiger partial charge in [0.25, 0.3) is 0 Å². The Labute approximate surface area is 200 Å². The molecule has 2 heterocycles. The van der Waals surface area contributed by atoms with Crippen LogP contribution in [0.15, 0.2) is 78.3 Å². The average Bonchev–Trinajstić information content (AvgIpc) is 3.31. The summed E-state index contributed by atoms with van der Waals surface area (Å²) < 4.78 is 42.2. The van der Waals surface area contributed by atoms with Gasteiger partial charge in [-0.15, -0.1) is 18.3 Å². The van der Waals surface area contributed by atoms with Crippen LogP contribution in [0.4, 0.5) is 23.7 Å². The van der Waals surface area contributed by atoms with Crippen LogP contribution in [0, 0.1) is 0 Å². The second kappa shape index (κ2) is 10.2. The summed E-state index contributed by atoms with van der Waals surface area (Å²) in [5, 5.41) is 10.7. The molecule has 4 rings (SSSR count). The second-order valence-electron chi connectivity index (χ2n) is 6.78. The molecule has 0 aliphatic heterocycles. The van der Waals surface area contributed by atoms with Crippen molar-refractivity contribution in [1.29, 1.82) is 0 Å². The monoisotopic (exact) mass is 502 g/mol. The Hall–Kier alpha value is -4.45. The number of ether oxygens (including phenoxy) is 1. The largest absolute Gasteiger partial charge is 0.573 e. The van der Waals surface area contributed by atoms with E-state index in [9.17, 15) is 18.0 Å². The SMILES string of the molecule is O=C(Nc1ccc(Cl)nc1)O/N=C/c1ccc(-c2ncn(-c3ccc(OC(F)(F)F)cc3)n2)cc1.